The number of halogens is 5. The third-order valence-corrected chi connectivity index (χ3v) is 6.17. The zero-order valence-electron chi connectivity index (χ0n) is 18.9. The van der Waals surface area contributed by atoms with Crippen LogP contribution in [-0.2, 0) is 10.9 Å². The zero-order chi connectivity index (χ0) is 25.3. The fourth-order valence-corrected chi connectivity index (χ4v) is 4.23. The molecule has 188 valence electrons. The van der Waals surface area contributed by atoms with Crippen LogP contribution < -0.4 is 5.32 Å². The highest BCUT2D eigenvalue weighted by atomic mass is 35.5. The molecule has 0 radical (unpaired) electrons. The molecule has 1 aliphatic rings. The van der Waals surface area contributed by atoms with E-state index in [4.69, 9.17) is 16.3 Å². The van der Waals surface area contributed by atoms with E-state index in [0.29, 0.717) is 53.7 Å². The molecule has 1 aliphatic heterocycles. The van der Waals surface area contributed by atoms with E-state index < -0.39 is 17.6 Å². The standard InChI is InChI=1S/C24H21ClF4N6O/c25-17-13-15(1-3-18(17)26)22-21(20-4-2-16(24(27,28)29)14-35(20)33-22)19-5-6-30-23(32-19)31-7-8-34-9-11-36-12-10-34/h1-6,13-14H,7-12H2,(H,30,31,32). The van der Waals surface area contributed by atoms with Crippen LogP contribution in [0, 0.1) is 5.82 Å². The van der Waals surface area contributed by atoms with E-state index in [9.17, 15) is 17.6 Å². The van der Waals surface area contributed by atoms with Crippen molar-refractivity contribution in [1.82, 2.24) is 24.5 Å². The first-order valence-electron chi connectivity index (χ1n) is 11.2. The molecule has 36 heavy (non-hydrogen) atoms. The molecule has 1 aromatic carbocycles. The van der Waals surface area contributed by atoms with E-state index in [2.05, 4.69) is 25.3 Å². The van der Waals surface area contributed by atoms with Crippen LogP contribution in [0.1, 0.15) is 5.56 Å². The summed E-state index contributed by atoms with van der Waals surface area (Å²) in [5.41, 5.74) is 1.23. The SMILES string of the molecule is Fc1ccc(-c2nn3cc(C(F)(F)F)ccc3c2-c2ccnc(NCCN3CCOCC3)n2)cc1Cl. The Kier molecular flexibility index (Phi) is 6.78. The molecule has 0 atom stereocenters. The van der Waals surface area contributed by atoms with Gasteiger partial charge in [-0.3, -0.25) is 4.90 Å². The second-order valence-corrected chi connectivity index (χ2v) is 8.65. The van der Waals surface area contributed by atoms with E-state index in [0.717, 1.165) is 36.4 Å². The maximum atomic E-state index is 13.8. The van der Waals surface area contributed by atoms with Gasteiger partial charge in [-0.1, -0.05) is 11.6 Å². The number of pyridine rings is 1. The fourth-order valence-electron chi connectivity index (χ4n) is 4.05. The van der Waals surface area contributed by atoms with E-state index in [-0.39, 0.29) is 5.02 Å². The van der Waals surface area contributed by atoms with Gasteiger partial charge in [0.1, 0.15) is 11.5 Å². The van der Waals surface area contributed by atoms with Crippen molar-refractivity contribution in [2.75, 3.05) is 44.7 Å². The Bertz CT molecular complexity index is 1390. The van der Waals surface area contributed by atoms with Gasteiger partial charge in [-0.15, -0.1) is 0 Å². The van der Waals surface area contributed by atoms with Crippen molar-refractivity contribution in [3.05, 3.63) is 65.2 Å². The molecule has 0 aliphatic carbocycles. The normalized spacial score (nSPS) is 14.9. The molecule has 1 fully saturated rings. The van der Waals surface area contributed by atoms with E-state index in [1.54, 1.807) is 12.3 Å². The van der Waals surface area contributed by atoms with Crippen molar-refractivity contribution in [1.29, 1.82) is 0 Å². The topological polar surface area (TPSA) is 67.6 Å². The summed E-state index contributed by atoms with van der Waals surface area (Å²) >= 11 is 5.99. The Hall–Kier alpha value is -3.28. The lowest BCUT2D eigenvalue weighted by molar-refractivity contribution is -0.137. The van der Waals surface area contributed by atoms with Gasteiger partial charge in [-0.2, -0.15) is 18.3 Å². The van der Waals surface area contributed by atoms with Gasteiger partial charge in [0.15, 0.2) is 0 Å². The number of alkyl halides is 3. The Labute approximate surface area is 208 Å². The fraction of sp³-hybridized carbons (Fsp3) is 0.292. The first-order valence-corrected chi connectivity index (χ1v) is 11.6. The largest absolute Gasteiger partial charge is 0.417 e. The van der Waals surface area contributed by atoms with Gasteiger partial charge in [-0.25, -0.2) is 18.9 Å². The summed E-state index contributed by atoms with van der Waals surface area (Å²) in [7, 11) is 0. The number of nitrogens with one attached hydrogen (secondary N) is 1. The van der Waals surface area contributed by atoms with Crippen LogP contribution in [0.5, 0.6) is 0 Å². The summed E-state index contributed by atoms with van der Waals surface area (Å²) < 4.78 is 60.3. The smallest absolute Gasteiger partial charge is 0.379 e. The third-order valence-electron chi connectivity index (χ3n) is 5.88. The van der Waals surface area contributed by atoms with E-state index >= 15 is 0 Å². The summed E-state index contributed by atoms with van der Waals surface area (Å²) in [6, 6.07) is 8.02. The summed E-state index contributed by atoms with van der Waals surface area (Å²) in [6.45, 7) is 4.50. The quantitative estimate of drug-likeness (QED) is 0.360. The maximum absolute atomic E-state index is 13.8. The monoisotopic (exact) mass is 520 g/mol. The number of hydrogen-bond acceptors (Lipinski definition) is 6. The second-order valence-electron chi connectivity index (χ2n) is 8.24. The number of aromatic nitrogens is 4. The summed E-state index contributed by atoms with van der Waals surface area (Å²) in [6.07, 6.45) is -2.06. The Morgan fingerprint density at radius 3 is 2.64 bits per heavy atom. The van der Waals surface area contributed by atoms with Crippen LogP contribution in [0.15, 0.2) is 48.8 Å². The summed E-state index contributed by atoms with van der Waals surface area (Å²) in [4.78, 5) is 11.1. The molecule has 0 amide bonds. The van der Waals surface area contributed by atoms with Crippen molar-refractivity contribution in [3.8, 4) is 22.5 Å². The molecular formula is C24H21ClF4N6O. The first-order chi connectivity index (χ1) is 17.3. The van der Waals surface area contributed by atoms with Gasteiger partial charge in [0.2, 0.25) is 5.95 Å². The van der Waals surface area contributed by atoms with Crippen LogP contribution >= 0.6 is 11.6 Å². The van der Waals surface area contributed by atoms with Gasteiger partial charge < -0.3 is 10.1 Å². The Morgan fingerprint density at radius 2 is 1.89 bits per heavy atom. The molecule has 7 nitrogen and oxygen atoms in total. The minimum Gasteiger partial charge on any atom is -0.379 e. The average Bonchev–Trinajstić information content (AvgIpc) is 3.25. The number of rotatable bonds is 6. The predicted molar refractivity (Wildman–Crippen MR) is 127 cm³/mol. The highest BCUT2D eigenvalue weighted by Gasteiger charge is 2.31. The minimum atomic E-state index is -4.54. The third kappa shape index (κ3) is 5.13. The Morgan fingerprint density at radius 1 is 1.08 bits per heavy atom. The average molecular weight is 521 g/mol. The molecule has 12 heteroatoms. The summed E-state index contributed by atoms with van der Waals surface area (Å²) in [5, 5.41) is 7.46. The van der Waals surface area contributed by atoms with Gasteiger partial charge in [0.05, 0.1) is 40.6 Å². The number of anilines is 1. The molecule has 4 aromatic rings. The highest BCUT2D eigenvalue weighted by molar-refractivity contribution is 6.31. The minimum absolute atomic E-state index is 0.125. The van der Waals surface area contributed by atoms with Crippen molar-refractivity contribution >= 4 is 23.1 Å². The van der Waals surface area contributed by atoms with Crippen molar-refractivity contribution in [3.63, 3.8) is 0 Å². The molecule has 0 bridgehead atoms. The molecular weight excluding hydrogens is 500 g/mol. The van der Waals surface area contributed by atoms with Gasteiger partial charge in [-0.05, 0) is 36.4 Å². The van der Waals surface area contributed by atoms with Crippen LogP contribution in [-0.4, -0.2) is 63.9 Å². The number of benzene rings is 1. The lowest BCUT2D eigenvalue weighted by atomic mass is 10.0. The van der Waals surface area contributed by atoms with Crippen LogP contribution in [0.4, 0.5) is 23.5 Å². The molecule has 0 unspecified atom stereocenters. The maximum Gasteiger partial charge on any atom is 0.417 e. The second kappa shape index (κ2) is 10.00. The van der Waals surface area contributed by atoms with Crippen LogP contribution in [0.3, 0.4) is 0 Å². The predicted octanol–water partition coefficient (Wildman–Crippen LogP) is 5.01. The van der Waals surface area contributed by atoms with Gasteiger partial charge in [0, 0.05) is 44.1 Å². The molecule has 3 aromatic heterocycles. The number of morpholine rings is 1. The molecule has 4 heterocycles. The number of fused-ring (bicyclic) bond motifs is 1. The first kappa shape index (κ1) is 24.4. The van der Waals surface area contributed by atoms with Crippen molar-refractivity contribution in [2.24, 2.45) is 0 Å². The van der Waals surface area contributed by atoms with Crippen LogP contribution in [0.25, 0.3) is 28.0 Å². The molecule has 0 saturated carbocycles. The van der Waals surface area contributed by atoms with Gasteiger partial charge >= 0.3 is 6.18 Å². The van der Waals surface area contributed by atoms with Crippen LogP contribution in [0.2, 0.25) is 5.02 Å². The number of nitrogens with zero attached hydrogens (tertiary/aromatic N) is 5. The number of ether oxygens (including phenoxy) is 1. The lowest BCUT2D eigenvalue weighted by Crippen LogP contribution is -2.39. The Balaban J connectivity index is 1.53. The molecule has 1 N–H and O–H groups in total. The van der Waals surface area contributed by atoms with E-state index in [1.807, 2.05) is 0 Å². The van der Waals surface area contributed by atoms with Crippen molar-refractivity contribution in [2.45, 2.75) is 6.18 Å². The molecule has 5 rings (SSSR count). The van der Waals surface area contributed by atoms with Gasteiger partial charge in [0.25, 0.3) is 0 Å². The molecule has 1 saturated heterocycles. The summed E-state index contributed by atoms with van der Waals surface area (Å²) in [5.74, 6) is -0.242. The van der Waals surface area contributed by atoms with E-state index in [1.165, 1.54) is 24.3 Å². The zero-order valence-corrected chi connectivity index (χ0v) is 19.7. The highest BCUT2D eigenvalue weighted by Crippen LogP contribution is 2.37. The molecule has 0 spiro atoms. The number of hydrogen-bond donors (Lipinski definition) is 1. The van der Waals surface area contributed by atoms with Crippen molar-refractivity contribution < 1.29 is 22.3 Å². The lowest BCUT2D eigenvalue weighted by Gasteiger charge is -2.26.